The van der Waals surface area contributed by atoms with Gasteiger partial charge in [0.15, 0.2) is 11.5 Å². The van der Waals surface area contributed by atoms with Gasteiger partial charge < -0.3 is 20.2 Å². The molecule has 0 radical (unpaired) electrons. The average molecular weight is 354 g/mol. The Hall–Kier alpha value is -3.49. The minimum Gasteiger partial charge on any atom is -0.492 e. The smallest absolute Gasteiger partial charge is 0.274 e. The summed E-state index contributed by atoms with van der Waals surface area (Å²) in [4.78, 5) is 29.1. The molecule has 0 aliphatic rings. The molecule has 9 heteroatoms. The van der Waals surface area contributed by atoms with Crippen LogP contribution in [0.25, 0.3) is 11.6 Å². The minimum atomic E-state index is -0.454. The highest BCUT2D eigenvalue weighted by Crippen LogP contribution is 2.21. The van der Waals surface area contributed by atoms with Crippen LogP contribution in [0.1, 0.15) is 28.8 Å². The Labute approximate surface area is 149 Å². The summed E-state index contributed by atoms with van der Waals surface area (Å²) in [5.74, 6) is 0.450. The molecule has 0 bridgehead atoms. The van der Waals surface area contributed by atoms with E-state index in [1.54, 1.807) is 25.3 Å². The van der Waals surface area contributed by atoms with Crippen LogP contribution >= 0.6 is 0 Å². The predicted octanol–water partition coefficient (Wildman–Crippen LogP) is 1.75. The monoisotopic (exact) mass is 354 g/mol. The molecular weight excluding hydrogens is 336 g/mol. The first-order chi connectivity index (χ1) is 12.6. The molecule has 0 aromatic carbocycles. The van der Waals surface area contributed by atoms with Gasteiger partial charge in [-0.25, -0.2) is 15.0 Å². The van der Waals surface area contributed by atoms with E-state index < -0.39 is 5.91 Å². The Kier molecular flexibility index (Phi) is 5.07. The first kappa shape index (κ1) is 17.3. The second-order valence-corrected chi connectivity index (χ2v) is 5.29. The van der Waals surface area contributed by atoms with Crippen LogP contribution in [0.2, 0.25) is 0 Å². The maximum atomic E-state index is 12.5. The lowest BCUT2D eigenvalue weighted by atomic mass is 10.2. The number of pyridine rings is 1. The van der Waals surface area contributed by atoms with E-state index in [2.05, 4.69) is 25.3 Å². The Morgan fingerprint density at radius 3 is 2.88 bits per heavy atom. The molecule has 0 spiro atoms. The van der Waals surface area contributed by atoms with Crippen molar-refractivity contribution in [3.05, 3.63) is 47.9 Å². The molecule has 0 aliphatic carbocycles. The van der Waals surface area contributed by atoms with Crippen molar-refractivity contribution in [2.75, 3.05) is 12.3 Å². The van der Waals surface area contributed by atoms with Gasteiger partial charge in [0.25, 0.3) is 5.91 Å². The van der Waals surface area contributed by atoms with E-state index in [-0.39, 0.29) is 18.1 Å². The SMILES string of the molecule is CCOc1cccnc1CNC(=O)c1nc(C)c(-c2ncco2)nc1N. The van der Waals surface area contributed by atoms with Gasteiger partial charge in [-0.1, -0.05) is 0 Å². The Balaban J connectivity index is 1.77. The molecule has 1 amide bonds. The lowest BCUT2D eigenvalue weighted by Crippen LogP contribution is -2.26. The van der Waals surface area contributed by atoms with E-state index in [1.165, 1.54) is 12.5 Å². The van der Waals surface area contributed by atoms with Crippen LogP contribution in [0.3, 0.4) is 0 Å². The lowest BCUT2D eigenvalue weighted by molar-refractivity contribution is 0.0945. The average Bonchev–Trinajstić information content (AvgIpc) is 3.17. The summed E-state index contributed by atoms with van der Waals surface area (Å²) in [6, 6.07) is 3.56. The summed E-state index contributed by atoms with van der Waals surface area (Å²) < 4.78 is 10.7. The molecule has 3 N–H and O–H groups in total. The highest BCUT2D eigenvalue weighted by Gasteiger charge is 2.19. The number of aromatic nitrogens is 4. The van der Waals surface area contributed by atoms with Gasteiger partial charge in [0.2, 0.25) is 5.89 Å². The Bertz CT molecular complexity index is 911. The number of nitrogens with two attached hydrogens (primary N) is 1. The molecule has 0 saturated heterocycles. The second kappa shape index (κ2) is 7.60. The summed E-state index contributed by atoms with van der Waals surface area (Å²) >= 11 is 0. The fraction of sp³-hybridized carbons (Fsp3) is 0.235. The van der Waals surface area contributed by atoms with Crippen molar-refractivity contribution in [1.82, 2.24) is 25.3 Å². The minimum absolute atomic E-state index is 0.00708. The van der Waals surface area contributed by atoms with Crippen molar-refractivity contribution in [3.8, 4) is 17.3 Å². The molecular formula is C17H18N6O3. The van der Waals surface area contributed by atoms with Crippen molar-refractivity contribution in [2.24, 2.45) is 0 Å². The van der Waals surface area contributed by atoms with E-state index in [0.717, 1.165) is 0 Å². The second-order valence-electron chi connectivity index (χ2n) is 5.29. The molecule has 0 atom stereocenters. The Morgan fingerprint density at radius 2 is 2.15 bits per heavy atom. The molecule has 0 aliphatic heterocycles. The third-order valence-corrected chi connectivity index (χ3v) is 3.51. The fourth-order valence-corrected chi connectivity index (χ4v) is 2.33. The molecule has 3 aromatic heterocycles. The number of hydrogen-bond donors (Lipinski definition) is 2. The van der Waals surface area contributed by atoms with E-state index in [9.17, 15) is 4.79 Å². The summed E-state index contributed by atoms with van der Waals surface area (Å²) in [6.07, 6.45) is 4.56. The highest BCUT2D eigenvalue weighted by atomic mass is 16.5. The van der Waals surface area contributed by atoms with Crippen molar-refractivity contribution in [3.63, 3.8) is 0 Å². The number of oxazole rings is 1. The summed E-state index contributed by atoms with van der Waals surface area (Å²) in [5.41, 5.74) is 7.43. The third-order valence-electron chi connectivity index (χ3n) is 3.51. The molecule has 0 fully saturated rings. The number of aryl methyl sites for hydroxylation is 1. The van der Waals surface area contributed by atoms with Crippen LogP contribution < -0.4 is 15.8 Å². The van der Waals surface area contributed by atoms with Crippen LogP contribution in [0.15, 0.2) is 35.2 Å². The molecule has 3 rings (SSSR count). The maximum absolute atomic E-state index is 12.5. The van der Waals surface area contributed by atoms with Gasteiger partial charge >= 0.3 is 0 Å². The molecule has 26 heavy (non-hydrogen) atoms. The normalized spacial score (nSPS) is 10.5. The van der Waals surface area contributed by atoms with E-state index in [4.69, 9.17) is 14.9 Å². The fourth-order valence-electron chi connectivity index (χ4n) is 2.33. The van der Waals surface area contributed by atoms with Crippen LogP contribution in [0.4, 0.5) is 5.82 Å². The van der Waals surface area contributed by atoms with Crippen LogP contribution in [-0.4, -0.2) is 32.4 Å². The molecule has 3 aromatic rings. The highest BCUT2D eigenvalue weighted by molar-refractivity contribution is 5.96. The van der Waals surface area contributed by atoms with E-state index in [1.807, 2.05) is 6.92 Å². The van der Waals surface area contributed by atoms with Crippen LogP contribution in [0.5, 0.6) is 5.75 Å². The number of carbonyl (C=O) groups is 1. The van der Waals surface area contributed by atoms with E-state index >= 15 is 0 Å². The molecule has 0 saturated carbocycles. The van der Waals surface area contributed by atoms with E-state index in [0.29, 0.717) is 35.3 Å². The van der Waals surface area contributed by atoms with Gasteiger partial charge in [0.1, 0.15) is 23.4 Å². The van der Waals surface area contributed by atoms with Crippen molar-refractivity contribution < 1.29 is 13.9 Å². The predicted molar refractivity (Wildman–Crippen MR) is 93.3 cm³/mol. The van der Waals surface area contributed by atoms with Crippen molar-refractivity contribution in [1.29, 1.82) is 0 Å². The van der Waals surface area contributed by atoms with Crippen molar-refractivity contribution >= 4 is 11.7 Å². The first-order valence-electron chi connectivity index (χ1n) is 7.99. The summed E-state index contributed by atoms with van der Waals surface area (Å²) in [6.45, 7) is 4.27. The van der Waals surface area contributed by atoms with Gasteiger partial charge in [-0.3, -0.25) is 9.78 Å². The zero-order chi connectivity index (χ0) is 18.5. The number of nitrogens with zero attached hydrogens (tertiary/aromatic N) is 4. The standard InChI is InChI=1S/C17H18N6O3/c1-3-25-12-5-4-6-19-11(12)9-21-16(24)14-15(18)23-13(10(2)22-14)17-20-7-8-26-17/h4-8H,3,9H2,1-2H3,(H2,18,23)(H,21,24). The topological polar surface area (TPSA) is 129 Å². The summed E-state index contributed by atoms with van der Waals surface area (Å²) in [5, 5.41) is 2.73. The van der Waals surface area contributed by atoms with Crippen LogP contribution in [0, 0.1) is 6.92 Å². The zero-order valence-electron chi connectivity index (χ0n) is 14.4. The van der Waals surface area contributed by atoms with Gasteiger partial charge in [0.05, 0.1) is 25.0 Å². The van der Waals surface area contributed by atoms with Gasteiger partial charge in [-0.05, 0) is 26.0 Å². The number of nitrogen functional groups attached to an aromatic ring is 1. The van der Waals surface area contributed by atoms with Gasteiger partial charge in [0, 0.05) is 6.20 Å². The largest absolute Gasteiger partial charge is 0.492 e. The molecule has 9 nitrogen and oxygen atoms in total. The number of rotatable bonds is 6. The molecule has 0 unspecified atom stereocenters. The number of ether oxygens (including phenoxy) is 1. The lowest BCUT2D eigenvalue weighted by Gasteiger charge is -2.11. The summed E-state index contributed by atoms with van der Waals surface area (Å²) in [7, 11) is 0. The maximum Gasteiger partial charge on any atom is 0.274 e. The van der Waals surface area contributed by atoms with Crippen LogP contribution in [-0.2, 0) is 6.54 Å². The zero-order valence-corrected chi connectivity index (χ0v) is 14.4. The first-order valence-corrected chi connectivity index (χ1v) is 7.99. The van der Waals surface area contributed by atoms with Crippen molar-refractivity contribution in [2.45, 2.75) is 20.4 Å². The van der Waals surface area contributed by atoms with Gasteiger partial charge in [-0.2, -0.15) is 0 Å². The number of hydrogen-bond acceptors (Lipinski definition) is 8. The number of nitrogens with one attached hydrogen (secondary N) is 1. The molecule has 3 heterocycles. The van der Waals surface area contributed by atoms with Gasteiger partial charge in [-0.15, -0.1) is 0 Å². The number of anilines is 1. The molecule has 134 valence electrons. The third kappa shape index (κ3) is 3.61. The Morgan fingerprint density at radius 1 is 1.31 bits per heavy atom. The quantitative estimate of drug-likeness (QED) is 0.685. The number of amides is 1. The number of carbonyl (C=O) groups excluding carboxylic acids is 1.